The van der Waals surface area contributed by atoms with E-state index in [0.29, 0.717) is 5.69 Å². The lowest BCUT2D eigenvalue weighted by Gasteiger charge is -2.22. The van der Waals surface area contributed by atoms with Crippen molar-refractivity contribution in [1.29, 1.82) is 0 Å². The fourth-order valence-electron chi connectivity index (χ4n) is 2.19. The number of carboxylic acid groups (broad SMARTS) is 2. The predicted molar refractivity (Wildman–Crippen MR) is 92.4 cm³/mol. The number of H-pyrrole nitrogens is 1. The van der Waals surface area contributed by atoms with Gasteiger partial charge in [0.25, 0.3) is 0 Å². The summed E-state index contributed by atoms with van der Waals surface area (Å²) < 4.78 is 0. The Morgan fingerprint density at radius 2 is 1.75 bits per heavy atom. The lowest BCUT2D eigenvalue weighted by Crippen LogP contribution is -2.55. The molecule has 1 aromatic heterocycles. The van der Waals surface area contributed by atoms with Crippen LogP contribution in [0.3, 0.4) is 0 Å². The number of primary amides is 1. The summed E-state index contributed by atoms with van der Waals surface area (Å²) >= 11 is 0. The first-order valence-electron chi connectivity index (χ1n) is 8.16. The molecule has 3 atom stereocenters. The maximum absolute atomic E-state index is 12.5. The smallest absolute Gasteiger partial charge is 0.326 e. The summed E-state index contributed by atoms with van der Waals surface area (Å²) in [7, 11) is 0. The van der Waals surface area contributed by atoms with E-state index in [0.717, 1.165) is 0 Å². The molecule has 13 heteroatoms. The average molecular weight is 398 g/mol. The number of imidazole rings is 1. The summed E-state index contributed by atoms with van der Waals surface area (Å²) in [6, 6.07) is -4.01. The van der Waals surface area contributed by atoms with Gasteiger partial charge in [0.15, 0.2) is 0 Å². The quantitative estimate of drug-likeness (QED) is 0.191. The third-order valence-electron chi connectivity index (χ3n) is 3.64. The highest BCUT2D eigenvalue weighted by molar-refractivity contribution is 5.93. The number of carbonyl (C=O) groups excluding carboxylic acids is 3. The standard InChI is InChI=1S/C15H22N6O7/c16-8(1-2-12(23)24)13(25)20-9(3-7-5-18-6-19-7)14(26)21-10(15(27)28)4-11(17)22/h5-6,8-10H,1-4,16H2,(H2,17,22)(H,18,19)(H,20,25)(H,21,26)(H,23,24)(H,27,28)/t8-,9-,10-/m0/s1. The number of carboxylic acids is 2. The molecule has 1 aromatic rings. The highest BCUT2D eigenvalue weighted by Crippen LogP contribution is 2.03. The first-order valence-corrected chi connectivity index (χ1v) is 8.16. The van der Waals surface area contributed by atoms with E-state index in [1.54, 1.807) is 0 Å². The van der Waals surface area contributed by atoms with Crippen LogP contribution in [0.5, 0.6) is 0 Å². The van der Waals surface area contributed by atoms with Crippen molar-refractivity contribution in [2.24, 2.45) is 11.5 Å². The minimum atomic E-state index is -1.58. The second-order valence-corrected chi connectivity index (χ2v) is 5.95. The molecule has 1 rings (SSSR count). The molecule has 13 nitrogen and oxygen atoms in total. The van der Waals surface area contributed by atoms with Crippen LogP contribution in [0.1, 0.15) is 25.0 Å². The number of nitrogens with two attached hydrogens (primary N) is 2. The van der Waals surface area contributed by atoms with Crippen LogP contribution in [-0.2, 0) is 30.4 Å². The fourth-order valence-corrected chi connectivity index (χ4v) is 2.19. The van der Waals surface area contributed by atoms with Crippen molar-refractivity contribution in [2.75, 3.05) is 0 Å². The molecule has 0 fully saturated rings. The number of hydrogen-bond donors (Lipinski definition) is 7. The molecule has 0 unspecified atom stereocenters. The second kappa shape index (κ2) is 10.6. The van der Waals surface area contributed by atoms with Gasteiger partial charge in [0.05, 0.1) is 18.8 Å². The summed E-state index contributed by atoms with van der Waals surface area (Å²) in [5.41, 5.74) is 11.0. The number of carbonyl (C=O) groups is 5. The van der Waals surface area contributed by atoms with Crippen molar-refractivity contribution in [1.82, 2.24) is 20.6 Å². The predicted octanol–water partition coefficient (Wildman–Crippen LogP) is -2.93. The SMILES string of the molecule is NC(=O)C[C@H](NC(=O)[C@H](Cc1cnc[nH]1)NC(=O)[C@@H](N)CCC(=O)O)C(=O)O. The molecule has 3 amide bonds. The topological polar surface area (TPSA) is 231 Å². The third-order valence-corrected chi connectivity index (χ3v) is 3.64. The molecule has 28 heavy (non-hydrogen) atoms. The van der Waals surface area contributed by atoms with Gasteiger partial charge in [-0.3, -0.25) is 19.2 Å². The van der Waals surface area contributed by atoms with Gasteiger partial charge in [-0.15, -0.1) is 0 Å². The van der Waals surface area contributed by atoms with Gasteiger partial charge in [0.2, 0.25) is 17.7 Å². The number of amides is 3. The average Bonchev–Trinajstić information content (AvgIpc) is 3.10. The van der Waals surface area contributed by atoms with E-state index >= 15 is 0 Å². The fraction of sp³-hybridized carbons (Fsp3) is 0.467. The summed E-state index contributed by atoms with van der Waals surface area (Å²) in [5, 5.41) is 22.2. The molecule has 154 valence electrons. The van der Waals surface area contributed by atoms with Gasteiger partial charge in [-0.1, -0.05) is 0 Å². The van der Waals surface area contributed by atoms with Crippen LogP contribution in [0.2, 0.25) is 0 Å². The molecular formula is C15H22N6O7. The zero-order chi connectivity index (χ0) is 21.3. The summed E-state index contributed by atoms with van der Waals surface area (Å²) in [6.07, 6.45) is 1.54. The Morgan fingerprint density at radius 3 is 2.25 bits per heavy atom. The van der Waals surface area contributed by atoms with Crippen LogP contribution in [0.15, 0.2) is 12.5 Å². The van der Waals surface area contributed by atoms with Gasteiger partial charge in [-0.2, -0.15) is 0 Å². The van der Waals surface area contributed by atoms with E-state index in [4.69, 9.17) is 21.7 Å². The monoisotopic (exact) mass is 398 g/mol. The minimum Gasteiger partial charge on any atom is -0.481 e. The molecule has 0 aliphatic rings. The molecule has 0 saturated carbocycles. The number of nitrogens with one attached hydrogen (secondary N) is 3. The molecule has 1 heterocycles. The van der Waals surface area contributed by atoms with E-state index < -0.39 is 54.2 Å². The number of hydrogen-bond acceptors (Lipinski definition) is 7. The van der Waals surface area contributed by atoms with E-state index in [-0.39, 0.29) is 19.3 Å². The number of aromatic amines is 1. The Bertz CT molecular complexity index is 720. The van der Waals surface area contributed by atoms with Crippen molar-refractivity contribution in [2.45, 2.75) is 43.8 Å². The molecule has 0 bridgehead atoms. The molecule has 0 aliphatic carbocycles. The van der Waals surface area contributed by atoms with E-state index in [9.17, 15) is 24.0 Å². The zero-order valence-electron chi connectivity index (χ0n) is 14.8. The largest absolute Gasteiger partial charge is 0.481 e. The number of aromatic nitrogens is 2. The van der Waals surface area contributed by atoms with Crippen LogP contribution in [-0.4, -0.2) is 68.0 Å². The minimum absolute atomic E-state index is 0.0772. The van der Waals surface area contributed by atoms with Crippen LogP contribution < -0.4 is 22.1 Å². The summed E-state index contributed by atoms with van der Waals surface area (Å²) in [4.78, 5) is 63.9. The first kappa shape index (κ1) is 22.6. The van der Waals surface area contributed by atoms with Crippen molar-refractivity contribution in [3.8, 4) is 0 Å². The van der Waals surface area contributed by atoms with Crippen molar-refractivity contribution in [3.05, 3.63) is 18.2 Å². The van der Waals surface area contributed by atoms with Crippen LogP contribution in [0, 0.1) is 0 Å². The van der Waals surface area contributed by atoms with Crippen molar-refractivity contribution < 1.29 is 34.2 Å². The van der Waals surface area contributed by atoms with E-state index in [1.807, 2.05) is 0 Å². The molecule has 0 aliphatic heterocycles. The molecular weight excluding hydrogens is 376 g/mol. The van der Waals surface area contributed by atoms with Gasteiger partial charge in [-0.05, 0) is 6.42 Å². The Labute approximate surface area is 158 Å². The lowest BCUT2D eigenvalue weighted by molar-refractivity contribution is -0.143. The summed E-state index contributed by atoms with van der Waals surface area (Å²) in [6.45, 7) is 0. The van der Waals surface area contributed by atoms with Gasteiger partial charge in [-0.25, -0.2) is 9.78 Å². The number of rotatable bonds is 12. The van der Waals surface area contributed by atoms with Crippen LogP contribution in [0.4, 0.5) is 0 Å². The summed E-state index contributed by atoms with van der Waals surface area (Å²) in [5.74, 6) is -5.22. The Hall–Kier alpha value is -3.48. The Kier molecular flexibility index (Phi) is 8.55. The normalized spacial score (nSPS) is 13.8. The van der Waals surface area contributed by atoms with Gasteiger partial charge in [0, 0.05) is 24.7 Å². The molecule has 0 saturated heterocycles. The zero-order valence-corrected chi connectivity index (χ0v) is 14.8. The first-order chi connectivity index (χ1) is 13.1. The Morgan fingerprint density at radius 1 is 1.11 bits per heavy atom. The highest BCUT2D eigenvalue weighted by Gasteiger charge is 2.29. The lowest BCUT2D eigenvalue weighted by atomic mass is 10.1. The third kappa shape index (κ3) is 7.82. The molecule has 9 N–H and O–H groups in total. The van der Waals surface area contributed by atoms with E-state index in [2.05, 4.69) is 20.6 Å². The van der Waals surface area contributed by atoms with Gasteiger partial charge < -0.3 is 37.3 Å². The second-order valence-electron chi connectivity index (χ2n) is 5.95. The van der Waals surface area contributed by atoms with Crippen molar-refractivity contribution in [3.63, 3.8) is 0 Å². The molecule has 0 aromatic carbocycles. The number of nitrogens with zero attached hydrogens (tertiary/aromatic N) is 1. The molecule has 0 radical (unpaired) electrons. The number of aliphatic carboxylic acids is 2. The van der Waals surface area contributed by atoms with Gasteiger partial charge >= 0.3 is 11.9 Å². The van der Waals surface area contributed by atoms with Gasteiger partial charge in [0.1, 0.15) is 12.1 Å². The van der Waals surface area contributed by atoms with Crippen LogP contribution in [0.25, 0.3) is 0 Å². The maximum atomic E-state index is 12.5. The van der Waals surface area contributed by atoms with Crippen molar-refractivity contribution >= 4 is 29.7 Å². The van der Waals surface area contributed by atoms with E-state index in [1.165, 1.54) is 12.5 Å². The van der Waals surface area contributed by atoms with Crippen LogP contribution >= 0.6 is 0 Å². The highest BCUT2D eigenvalue weighted by atomic mass is 16.4. The molecule has 0 spiro atoms. The maximum Gasteiger partial charge on any atom is 0.326 e. The Balaban J connectivity index is 2.87.